The summed E-state index contributed by atoms with van der Waals surface area (Å²) >= 11 is 0. The third-order valence-electron chi connectivity index (χ3n) is 5.27. The van der Waals surface area contributed by atoms with Crippen LogP contribution in [0.4, 0.5) is 0 Å². The summed E-state index contributed by atoms with van der Waals surface area (Å²) in [5.41, 5.74) is 0. The van der Waals surface area contributed by atoms with Crippen LogP contribution >= 0.6 is 7.60 Å². The topological polar surface area (TPSA) is 46.5 Å². The zero-order valence-electron chi connectivity index (χ0n) is 19.5. The molecule has 0 fully saturated rings. The lowest BCUT2D eigenvalue weighted by molar-refractivity contribution is -0.883. The van der Waals surface area contributed by atoms with Crippen LogP contribution in [-0.2, 0) is 9.09 Å². The van der Waals surface area contributed by atoms with Gasteiger partial charge in [0.2, 0.25) is 0 Å². The highest BCUT2D eigenvalue weighted by atomic mass is 31.2. The van der Waals surface area contributed by atoms with Crippen LogP contribution < -0.4 is 0 Å². The predicted octanol–water partition coefficient (Wildman–Crippen LogP) is 7.28. The van der Waals surface area contributed by atoms with Crippen molar-refractivity contribution in [3.05, 3.63) is 12.2 Å². The zero-order valence-corrected chi connectivity index (χ0v) is 20.4. The minimum atomic E-state index is -3.59. The van der Waals surface area contributed by atoms with E-state index in [1.807, 2.05) is 28.1 Å². The molecule has 0 heterocycles. The molecule has 0 aliphatic rings. The average molecular weight is 419 g/mol. The molecule has 168 valence electrons. The van der Waals surface area contributed by atoms with E-state index in [4.69, 9.17) is 4.52 Å². The van der Waals surface area contributed by atoms with Crippen molar-refractivity contribution in [2.45, 2.75) is 110 Å². The number of unbranched alkanes of at least 4 members (excludes halogenated alkanes) is 10. The number of rotatable bonds is 19. The Balaban J connectivity index is 3.73. The highest BCUT2D eigenvalue weighted by Crippen LogP contribution is 2.51. The minimum absolute atomic E-state index is 0.322. The van der Waals surface area contributed by atoms with Crippen molar-refractivity contribution >= 4 is 7.60 Å². The first-order valence-electron chi connectivity index (χ1n) is 11.7. The van der Waals surface area contributed by atoms with Gasteiger partial charge in [-0.05, 0) is 25.7 Å². The fourth-order valence-corrected chi connectivity index (χ4v) is 5.57. The van der Waals surface area contributed by atoms with Gasteiger partial charge in [-0.15, -0.1) is 0 Å². The molecule has 4 nitrogen and oxygen atoms in total. The van der Waals surface area contributed by atoms with Crippen molar-refractivity contribution in [2.24, 2.45) is 0 Å². The molecule has 2 unspecified atom stereocenters. The molecule has 2 atom stereocenters. The largest absolute Gasteiger partial charge is 0.385 e. The van der Waals surface area contributed by atoms with Crippen molar-refractivity contribution in [1.82, 2.24) is 0 Å². The summed E-state index contributed by atoms with van der Waals surface area (Å²) in [7, 11) is 2.28. The second kappa shape index (κ2) is 16.6. The highest BCUT2D eigenvalue weighted by molar-refractivity contribution is 7.53. The Labute approximate surface area is 175 Å². The normalized spacial score (nSPS) is 15.8. The fourth-order valence-electron chi connectivity index (χ4n) is 3.57. The van der Waals surface area contributed by atoms with Crippen LogP contribution in [-0.4, -0.2) is 42.9 Å². The molecule has 0 aromatic rings. The Kier molecular flexibility index (Phi) is 16.5. The molecule has 0 radical (unpaired) electrons. The Bertz CT molecular complexity index is 432. The Morgan fingerprint density at radius 3 is 1.82 bits per heavy atom. The molecule has 0 bridgehead atoms. The molecule has 5 heteroatoms. The SMILES string of the molecule is CCCCCCCCCCCCC=CCCOP(=O)(O)C(CCC)[N+](C)(C)C. The fraction of sp³-hybridized carbons (Fsp3) is 0.913. The van der Waals surface area contributed by atoms with Crippen molar-refractivity contribution in [3.63, 3.8) is 0 Å². The van der Waals surface area contributed by atoms with E-state index in [-0.39, 0.29) is 5.78 Å². The van der Waals surface area contributed by atoms with Gasteiger partial charge in [-0.3, -0.25) is 4.57 Å². The molecule has 0 aliphatic carbocycles. The summed E-state index contributed by atoms with van der Waals surface area (Å²) in [6, 6.07) is 0. The molecule has 0 rings (SSSR count). The maximum absolute atomic E-state index is 12.6. The smallest absolute Gasteiger partial charge is 0.320 e. The number of hydrogen-bond acceptors (Lipinski definition) is 2. The molecule has 0 aromatic heterocycles. The second-order valence-electron chi connectivity index (χ2n) is 9.01. The van der Waals surface area contributed by atoms with Gasteiger partial charge in [-0.2, -0.15) is 0 Å². The van der Waals surface area contributed by atoms with E-state index in [9.17, 15) is 9.46 Å². The van der Waals surface area contributed by atoms with Crippen molar-refractivity contribution < 1.29 is 18.5 Å². The van der Waals surface area contributed by atoms with Crippen LogP contribution in [0.5, 0.6) is 0 Å². The van der Waals surface area contributed by atoms with Crippen molar-refractivity contribution in [2.75, 3.05) is 27.7 Å². The first kappa shape index (κ1) is 27.8. The maximum atomic E-state index is 12.6. The van der Waals surface area contributed by atoms with Crippen LogP contribution in [0.3, 0.4) is 0 Å². The standard InChI is InChI=1S/C23H48NO3P/c1-6-8-9-10-11-12-13-14-15-16-17-18-19-20-22-27-28(25,26)23(21-7-2)24(3,4)5/h18-19,23H,6-17,20-22H2,1-5H3/p+1. The van der Waals surface area contributed by atoms with Crippen LogP contribution in [0.2, 0.25) is 0 Å². The molecular formula is C23H49NO3P+. The molecule has 0 spiro atoms. The lowest BCUT2D eigenvalue weighted by atomic mass is 10.1. The monoisotopic (exact) mass is 418 g/mol. The first-order valence-corrected chi connectivity index (χ1v) is 13.3. The van der Waals surface area contributed by atoms with E-state index in [1.165, 1.54) is 64.2 Å². The number of hydrogen-bond donors (Lipinski definition) is 1. The quantitative estimate of drug-likeness (QED) is 0.104. The van der Waals surface area contributed by atoms with E-state index in [2.05, 4.69) is 19.1 Å². The van der Waals surface area contributed by atoms with Gasteiger partial charge >= 0.3 is 7.60 Å². The number of nitrogens with zero attached hydrogens (tertiary/aromatic N) is 1. The van der Waals surface area contributed by atoms with Crippen LogP contribution in [0.25, 0.3) is 0 Å². The molecular weight excluding hydrogens is 369 g/mol. The average Bonchev–Trinajstić information content (AvgIpc) is 2.61. The Hall–Kier alpha value is -0.150. The van der Waals surface area contributed by atoms with E-state index < -0.39 is 7.60 Å². The molecule has 0 aliphatic heterocycles. The third kappa shape index (κ3) is 14.8. The first-order chi connectivity index (χ1) is 13.3. The van der Waals surface area contributed by atoms with E-state index in [1.54, 1.807) is 0 Å². The van der Waals surface area contributed by atoms with Gasteiger partial charge in [0.15, 0.2) is 5.78 Å². The van der Waals surface area contributed by atoms with Gasteiger partial charge in [-0.25, -0.2) is 0 Å². The lowest BCUT2D eigenvalue weighted by Crippen LogP contribution is -2.45. The molecule has 0 saturated carbocycles. The highest BCUT2D eigenvalue weighted by Gasteiger charge is 2.41. The summed E-state index contributed by atoms with van der Waals surface area (Å²) in [5, 5.41) is 0. The second-order valence-corrected chi connectivity index (χ2v) is 11.0. The lowest BCUT2D eigenvalue weighted by Gasteiger charge is -2.35. The summed E-state index contributed by atoms with van der Waals surface area (Å²) in [6.07, 6.45) is 21.3. The number of quaternary nitrogens is 1. The maximum Gasteiger partial charge on any atom is 0.385 e. The predicted molar refractivity (Wildman–Crippen MR) is 123 cm³/mol. The van der Waals surface area contributed by atoms with E-state index in [0.29, 0.717) is 23.9 Å². The molecule has 1 N–H and O–H groups in total. The van der Waals surface area contributed by atoms with Gasteiger partial charge in [-0.1, -0.05) is 83.8 Å². The summed E-state index contributed by atoms with van der Waals surface area (Å²) < 4.78 is 18.5. The van der Waals surface area contributed by atoms with Gasteiger partial charge in [0.05, 0.1) is 27.7 Å². The molecule has 0 amide bonds. The molecule has 28 heavy (non-hydrogen) atoms. The Morgan fingerprint density at radius 2 is 1.32 bits per heavy atom. The van der Waals surface area contributed by atoms with E-state index in [0.717, 1.165) is 12.8 Å². The van der Waals surface area contributed by atoms with Crippen LogP contribution in [0.15, 0.2) is 12.2 Å². The van der Waals surface area contributed by atoms with Gasteiger partial charge in [0.1, 0.15) is 0 Å². The van der Waals surface area contributed by atoms with E-state index >= 15 is 0 Å². The van der Waals surface area contributed by atoms with Gasteiger partial charge < -0.3 is 13.9 Å². The molecule has 0 saturated heterocycles. The van der Waals surface area contributed by atoms with Gasteiger partial charge in [0, 0.05) is 6.42 Å². The number of allylic oxidation sites excluding steroid dienone is 1. The zero-order chi connectivity index (χ0) is 21.3. The third-order valence-corrected chi connectivity index (χ3v) is 7.53. The minimum Gasteiger partial charge on any atom is -0.320 e. The summed E-state index contributed by atoms with van der Waals surface area (Å²) in [4.78, 5) is 10.3. The van der Waals surface area contributed by atoms with Crippen molar-refractivity contribution in [3.8, 4) is 0 Å². The Morgan fingerprint density at radius 1 is 0.821 bits per heavy atom. The molecule has 0 aromatic carbocycles. The summed E-state index contributed by atoms with van der Waals surface area (Å²) in [6.45, 7) is 4.63. The summed E-state index contributed by atoms with van der Waals surface area (Å²) in [5.74, 6) is -0.354. The van der Waals surface area contributed by atoms with Crippen molar-refractivity contribution in [1.29, 1.82) is 0 Å². The van der Waals surface area contributed by atoms with Crippen LogP contribution in [0.1, 0.15) is 104 Å². The van der Waals surface area contributed by atoms with Crippen LogP contribution in [0, 0.1) is 0 Å². The van der Waals surface area contributed by atoms with Gasteiger partial charge in [0.25, 0.3) is 0 Å².